The van der Waals surface area contributed by atoms with Gasteiger partial charge in [-0.25, -0.2) is 0 Å². The number of amides is 1. The number of rotatable bonds is 1. The average molecular weight is 145 g/mol. The third-order valence-corrected chi connectivity index (χ3v) is 2.41. The van der Waals surface area contributed by atoms with Crippen molar-refractivity contribution in [2.24, 2.45) is 5.92 Å². The van der Waals surface area contributed by atoms with Gasteiger partial charge in [0, 0.05) is 11.8 Å². The molecular weight excluding hydrogens is 134 g/mol. The number of carbonyl (C=O) groups is 1. The second kappa shape index (κ2) is 2.60. The van der Waals surface area contributed by atoms with E-state index >= 15 is 0 Å². The van der Waals surface area contributed by atoms with E-state index in [2.05, 4.69) is 19.2 Å². The molecule has 9 heavy (non-hydrogen) atoms. The van der Waals surface area contributed by atoms with E-state index in [-0.39, 0.29) is 5.24 Å². The maximum atomic E-state index is 10.6. The van der Waals surface area contributed by atoms with Crippen molar-refractivity contribution < 1.29 is 4.79 Å². The summed E-state index contributed by atoms with van der Waals surface area (Å²) in [5, 5.41) is 3.01. The minimum absolute atomic E-state index is 0.133. The molecule has 0 unspecified atom stereocenters. The van der Waals surface area contributed by atoms with Crippen molar-refractivity contribution in [2.75, 3.05) is 5.75 Å². The molecule has 1 amide bonds. The summed E-state index contributed by atoms with van der Waals surface area (Å²) in [7, 11) is 0. The van der Waals surface area contributed by atoms with Crippen molar-refractivity contribution >= 4 is 17.0 Å². The topological polar surface area (TPSA) is 29.1 Å². The smallest absolute Gasteiger partial charge is 0.279 e. The Morgan fingerprint density at radius 2 is 2.44 bits per heavy atom. The molecule has 0 aromatic rings. The van der Waals surface area contributed by atoms with Crippen molar-refractivity contribution in [3.63, 3.8) is 0 Å². The van der Waals surface area contributed by atoms with Crippen LogP contribution in [0.15, 0.2) is 0 Å². The second-order valence-corrected chi connectivity index (χ2v) is 3.59. The molecule has 0 spiro atoms. The lowest BCUT2D eigenvalue weighted by molar-refractivity contribution is 0.258. The highest BCUT2D eigenvalue weighted by atomic mass is 32.2. The van der Waals surface area contributed by atoms with Crippen molar-refractivity contribution in [3.8, 4) is 0 Å². The summed E-state index contributed by atoms with van der Waals surface area (Å²) in [4.78, 5) is 10.6. The summed E-state index contributed by atoms with van der Waals surface area (Å²) < 4.78 is 0. The van der Waals surface area contributed by atoms with Crippen LogP contribution in [0.3, 0.4) is 0 Å². The van der Waals surface area contributed by atoms with Crippen LogP contribution in [-0.4, -0.2) is 17.0 Å². The van der Waals surface area contributed by atoms with Crippen LogP contribution in [0.1, 0.15) is 13.8 Å². The highest BCUT2D eigenvalue weighted by Crippen LogP contribution is 2.17. The minimum Gasteiger partial charge on any atom is -0.343 e. The molecule has 0 aromatic heterocycles. The lowest BCUT2D eigenvalue weighted by Crippen LogP contribution is -2.30. The second-order valence-electron chi connectivity index (χ2n) is 2.59. The molecule has 2 nitrogen and oxygen atoms in total. The fourth-order valence-electron chi connectivity index (χ4n) is 0.759. The molecule has 0 bridgehead atoms. The van der Waals surface area contributed by atoms with Crippen molar-refractivity contribution in [2.45, 2.75) is 19.9 Å². The fraction of sp³-hybridized carbons (Fsp3) is 0.833. The molecule has 0 aromatic carbocycles. The largest absolute Gasteiger partial charge is 0.343 e. The first-order chi connectivity index (χ1) is 4.20. The average Bonchev–Trinajstić information content (AvgIpc) is 2.14. The number of hydrogen-bond donors (Lipinski definition) is 1. The Hall–Kier alpha value is -0.180. The van der Waals surface area contributed by atoms with Gasteiger partial charge in [0.25, 0.3) is 5.24 Å². The van der Waals surface area contributed by atoms with Gasteiger partial charge in [-0.15, -0.1) is 0 Å². The Labute approximate surface area is 59.4 Å². The van der Waals surface area contributed by atoms with Crippen LogP contribution in [0, 0.1) is 5.92 Å². The predicted molar refractivity (Wildman–Crippen MR) is 39.6 cm³/mol. The zero-order valence-corrected chi connectivity index (χ0v) is 6.49. The highest BCUT2D eigenvalue weighted by molar-refractivity contribution is 8.13. The van der Waals surface area contributed by atoms with Gasteiger partial charge < -0.3 is 5.32 Å². The summed E-state index contributed by atoms with van der Waals surface area (Å²) in [6.07, 6.45) is 0. The van der Waals surface area contributed by atoms with Crippen LogP contribution in [0.4, 0.5) is 4.79 Å². The van der Waals surface area contributed by atoms with Gasteiger partial charge in [-0.05, 0) is 5.92 Å². The van der Waals surface area contributed by atoms with Gasteiger partial charge >= 0.3 is 0 Å². The van der Waals surface area contributed by atoms with Crippen LogP contribution < -0.4 is 5.32 Å². The first-order valence-corrected chi connectivity index (χ1v) is 4.12. The van der Waals surface area contributed by atoms with E-state index in [4.69, 9.17) is 0 Å². The molecule has 1 aliphatic heterocycles. The molecule has 1 rings (SSSR count). The normalized spacial score (nSPS) is 27.0. The van der Waals surface area contributed by atoms with E-state index < -0.39 is 0 Å². The molecule has 0 radical (unpaired) electrons. The van der Waals surface area contributed by atoms with E-state index in [1.54, 1.807) is 0 Å². The third kappa shape index (κ3) is 1.61. The van der Waals surface area contributed by atoms with E-state index in [0.717, 1.165) is 5.75 Å². The first-order valence-electron chi connectivity index (χ1n) is 3.13. The summed E-state index contributed by atoms with van der Waals surface area (Å²) >= 11 is 1.38. The summed E-state index contributed by atoms with van der Waals surface area (Å²) in [6, 6.07) is 0.405. The molecule has 0 saturated carbocycles. The lowest BCUT2D eigenvalue weighted by atomic mass is 10.1. The highest BCUT2D eigenvalue weighted by Gasteiger charge is 2.23. The Kier molecular flexibility index (Phi) is 2.01. The van der Waals surface area contributed by atoms with Crippen LogP contribution in [0.2, 0.25) is 0 Å². The van der Waals surface area contributed by atoms with Crippen LogP contribution in [0.5, 0.6) is 0 Å². The van der Waals surface area contributed by atoms with Gasteiger partial charge in [0.05, 0.1) is 0 Å². The maximum Gasteiger partial charge on any atom is 0.279 e. The molecule has 1 saturated heterocycles. The molecule has 52 valence electrons. The van der Waals surface area contributed by atoms with Gasteiger partial charge in [-0.1, -0.05) is 25.6 Å². The quantitative estimate of drug-likeness (QED) is 0.605. The van der Waals surface area contributed by atoms with Crippen LogP contribution >= 0.6 is 11.8 Å². The zero-order valence-electron chi connectivity index (χ0n) is 5.68. The molecule has 1 aliphatic rings. The van der Waals surface area contributed by atoms with Crippen LogP contribution in [0.25, 0.3) is 0 Å². The van der Waals surface area contributed by atoms with Crippen molar-refractivity contribution in [1.82, 2.24) is 5.32 Å². The molecule has 3 heteroatoms. The monoisotopic (exact) mass is 145 g/mol. The maximum absolute atomic E-state index is 10.6. The number of carbonyl (C=O) groups excluding carboxylic acids is 1. The Bertz CT molecular complexity index is 124. The van der Waals surface area contributed by atoms with Gasteiger partial charge in [0.2, 0.25) is 0 Å². The Morgan fingerprint density at radius 3 is 2.67 bits per heavy atom. The SMILES string of the molecule is CC(C)[C@@H]1CSC(=O)N1. The predicted octanol–water partition coefficient (Wildman–Crippen LogP) is 1.47. The van der Waals surface area contributed by atoms with Crippen molar-refractivity contribution in [1.29, 1.82) is 0 Å². The molecule has 1 fully saturated rings. The molecule has 1 N–H and O–H groups in total. The van der Waals surface area contributed by atoms with Crippen molar-refractivity contribution in [3.05, 3.63) is 0 Å². The lowest BCUT2D eigenvalue weighted by Gasteiger charge is -2.11. The van der Waals surface area contributed by atoms with E-state index in [9.17, 15) is 4.79 Å². The third-order valence-electron chi connectivity index (χ3n) is 1.50. The Morgan fingerprint density at radius 1 is 1.78 bits per heavy atom. The van der Waals surface area contributed by atoms with E-state index in [1.807, 2.05) is 0 Å². The number of nitrogens with one attached hydrogen (secondary N) is 1. The zero-order chi connectivity index (χ0) is 6.85. The van der Waals surface area contributed by atoms with E-state index in [1.165, 1.54) is 11.8 Å². The summed E-state index contributed by atoms with van der Waals surface area (Å²) in [5.74, 6) is 1.51. The summed E-state index contributed by atoms with van der Waals surface area (Å²) in [5.41, 5.74) is 0. The van der Waals surface area contributed by atoms with Crippen LogP contribution in [-0.2, 0) is 0 Å². The van der Waals surface area contributed by atoms with Gasteiger partial charge in [-0.2, -0.15) is 0 Å². The fourth-order valence-corrected chi connectivity index (χ4v) is 1.79. The minimum atomic E-state index is 0.133. The molecular formula is C6H11NOS. The Balaban J connectivity index is 2.39. The number of thioether (sulfide) groups is 1. The standard InChI is InChI=1S/C6H11NOS/c1-4(2)5-3-9-6(8)7-5/h4-5H,3H2,1-2H3,(H,7,8)/t5-/m0/s1. The summed E-state index contributed by atoms with van der Waals surface area (Å²) in [6.45, 7) is 4.24. The van der Waals surface area contributed by atoms with Gasteiger partial charge in [-0.3, -0.25) is 4.79 Å². The first kappa shape index (κ1) is 6.93. The molecule has 1 heterocycles. The van der Waals surface area contributed by atoms with E-state index in [0.29, 0.717) is 12.0 Å². The molecule has 0 aliphatic carbocycles. The van der Waals surface area contributed by atoms with Gasteiger partial charge in [0.15, 0.2) is 0 Å². The molecule has 1 atom stereocenters. The van der Waals surface area contributed by atoms with Gasteiger partial charge in [0.1, 0.15) is 0 Å². The number of hydrogen-bond acceptors (Lipinski definition) is 2.